The quantitative estimate of drug-likeness (QED) is 0.397. The van der Waals surface area contributed by atoms with Crippen molar-refractivity contribution in [2.45, 2.75) is 51.6 Å². The topological polar surface area (TPSA) is 56.9 Å². The molecule has 0 aromatic carbocycles. The summed E-state index contributed by atoms with van der Waals surface area (Å²) >= 11 is 0. The second kappa shape index (κ2) is 9.84. The van der Waals surface area contributed by atoms with E-state index in [1.807, 2.05) is 0 Å². The minimum Gasteiger partial charge on any atom is -0.370 e. The second-order valence-corrected chi connectivity index (χ2v) is 5.96. The van der Waals surface area contributed by atoms with Gasteiger partial charge in [0.25, 0.3) is 0 Å². The molecule has 0 amide bonds. The van der Waals surface area contributed by atoms with Gasteiger partial charge in [-0.2, -0.15) is 0 Å². The highest BCUT2D eigenvalue weighted by Gasteiger charge is 2.23. The van der Waals surface area contributed by atoms with Crippen LogP contribution < -0.4 is 11.1 Å². The van der Waals surface area contributed by atoms with Crippen LogP contribution in [0.5, 0.6) is 0 Å². The molecule has 2 aliphatic heterocycles. The molecule has 2 rings (SSSR count). The summed E-state index contributed by atoms with van der Waals surface area (Å²) in [4.78, 5) is 9.57. The highest BCUT2D eigenvalue weighted by molar-refractivity contribution is 14.0. The lowest BCUT2D eigenvalue weighted by Crippen LogP contribution is -2.43. The molecule has 0 aliphatic carbocycles. The Labute approximate surface area is 146 Å². The SMILES string of the molecule is CCN1CCCC1CN=C(N)NCC1CCCN1CC.I. The third kappa shape index (κ3) is 5.56. The van der Waals surface area contributed by atoms with Gasteiger partial charge in [-0.1, -0.05) is 13.8 Å². The van der Waals surface area contributed by atoms with E-state index in [1.165, 1.54) is 38.8 Å². The number of hydrogen-bond acceptors (Lipinski definition) is 3. The molecule has 0 aromatic heterocycles. The summed E-state index contributed by atoms with van der Waals surface area (Å²) < 4.78 is 0. The number of likely N-dealkylation sites (N-methyl/N-ethyl adjacent to an activating group) is 2. The van der Waals surface area contributed by atoms with E-state index in [0.717, 1.165) is 26.2 Å². The van der Waals surface area contributed by atoms with Crippen LogP contribution in [0, 0.1) is 0 Å². The van der Waals surface area contributed by atoms with Crippen LogP contribution in [-0.4, -0.2) is 67.1 Å². The van der Waals surface area contributed by atoms with Crippen molar-refractivity contribution in [3.8, 4) is 0 Å². The monoisotopic (exact) mass is 409 g/mol. The van der Waals surface area contributed by atoms with Gasteiger partial charge in [-0.05, 0) is 51.9 Å². The Balaban J connectivity index is 0.00000220. The third-order valence-electron chi connectivity index (χ3n) is 4.80. The first-order valence-electron chi connectivity index (χ1n) is 8.26. The largest absolute Gasteiger partial charge is 0.370 e. The Bertz CT molecular complexity index is 323. The van der Waals surface area contributed by atoms with Crippen molar-refractivity contribution in [3.63, 3.8) is 0 Å². The summed E-state index contributed by atoms with van der Waals surface area (Å²) in [5.74, 6) is 0.621. The van der Waals surface area contributed by atoms with Crippen LogP contribution >= 0.6 is 24.0 Å². The highest BCUT2D eigenvalue weighted by atomic mass is 127. The van der Waals surface area contributed by atoms with Gasteiger partial charge in [0, 0.05) is 18.6 Å². The Morgan fingerprint density at radius 2 is 1.67 bits per heavy atom. The first-order valence-corrected chi connectivity index (χ1v) is 8.26. The zero-order valence-electron chi connectivity index (χ0n) is 13.6. The van der Waals surface area contributed by atoms with Gasteiger partial charge >= 0.3 is 0 Å². The zero-order chi connectivity index (χ0) is 14.4. The van der Waals surface area contributed by atoms with Crippen molar-refractivity contribution < 1.29 is 0 Å². The van der Waals surface area contributed by atoms with Crippen LogP contribution in [0.4, 0.5) is 0 Å². The minimum absolute atomic E-state index is 0. The summed E-state index contributed by atoms with van der Waals surface area (Å²) in [5, 5.41) is 3.31. The van der Waals surface area contributed by atoms with Gasteiger partial charge in [0.1, 0.15) is 0 Å². The molecule has 3 N–H and O–H groups in total. The summed E-state index contributed by atoms with van der Waals surface area (Å²) in [6, 6.07) is 1.23. The predicted octanol–water partition coefficient (Wildman–Crippen LogP) is 1.48. The standard InChI is InChI=1S/C15H31N5.HI/c1-3-19-9-5-7-13(19)11-17-15(16)18-12-14-8-6-10-20(14)4-2;/h13-14H,3-12H2,1-2H3,(H3,16,17,18);1H. The van der Waals surface area contributed by atoms with Crippen molar-refractivity contribution in [1.29, 1.82) is 0 Å². The van der Waals surface area contributed by atoms with E-state index in [9.17, 15) is 0 Å². The van der Waals surface area contributed by atoms with Crippen LogP contribution in [0.25, 0.3) is 0 Å². The van der Waals surface area contributed by atoms with Crippen LogP contribution in [-0.2, 0) is 0 Å². The molecule has 2 unspecified atom stereocenters. The molecule has 2 saturated heterocycles. The first kappa shape index (κ1) is 19.0. The molecule has 0 saturated carbocycles. The number of nitrogens with two attached hydrogens (primary N) is 1. The first-order chi connectivity index (χ1) is 9.74. The van der Waals surface area contributed by atoms with E-state index in [1.54, 1.807) is 0 Å². The van der Waals surface area contributed by atoms with Crippen molar-refractivity contribution in [3.05, 3.63) is 0 Å². The number of aliphatic imine (C=N–C) groups is 1. The van der Waals surface area contributed by atoms with Crippen LogP contribution in [0.1, 0.15) is 39.5 Å². The lowest BCUT2D eigenvalue weighted by Gasteiger charge is -2.23. The molecule has 124 valence electrons. The number of guanidine groups is 1. The average Bonchev–Trinajstić information content (AvgIpc) is 3.10. The Hall–Kier alpha value is -0.0800. The number of rotatable bonds is 6. The molecule has 2 fully saturated rings. The van der Waals surface area contributed by atoms with Crippen LogP contribution in [0.2, 0.25) is 0 Å². The second-order valence-electron chi connectivity index (χ2n) is 5.96. The van der Waals surface area contributed by atoms with Crippen LogP contribution in [0.3, 0.4) is 0 Å². The lowest BCUT2D eigenvalue weighted by molar-refractivity contribution is 0.266. The summed E-state index contributed by atoms with van der Waals surface area (Å²) in [7, 11) is 0. The fraction of sp³-hybridized carbons (Fsp3) is 0.933. The highest BCUT2D eigenvalue weighted by Crippen LogP contribution is 2.17. The van der Waals surface area contributed by atoms with Crippen molar-refractivity contribution in [2.75, 3.05) is 39.3 Å². The molecule has 0 aromatic rings. The maximum Gasteiger partial charge on any atom is 0.188 e. The number of hydrogen-bond donors (Lipinski definition) is 2. The van der Waals surface area contributed by atoms with Crippen molar-refractivity contribution in [1.82, 2.24) is 15.1 Å². The normalized spacial score (nSPS) is 27.8. The van der Waals surface area contributed by atoms with Gasteiger partial charge in [0.05, 0.1) is 6.54 Å². The summed E-state index contributed by atoms with van der Waals surface area (Å²) in [6.45, 7) is 10.9. The molecule has 2 heterocycles. The number of halogens is 1. The molecule has 0 spiro atoms. The number of likely N-dealkylation sites (tertiary alicyclic amines) is 2. The van der Waals surface area contributed by atoms with Gasteiger partial charge in [-0.15, -0.1) is 24.0 Å². The molecule has 0 bridgehead atoms. The van der Waals surface area contributed by atoms with E-state index in [4.69, 9.17) is 5.73 Å². The molecule has 6 heteroatoms. The lowest BCUT2D eigenvalue weighted by atomic mass is 10.2. The fourth-order valence-corrected chi connectivity index (χ4v) is 3.54. The molecule has 5 nitrogen and oxygen atoms in total. The molecule has 2 atom stereocenters. The predicted molar refractivity (Wildman–Crippen MR) is 100 cm³/mol. The molecule has 21 heavy (non-hydrogen) atoms. The van der Waals surface area contributed by atoms with Crippen molar-refractivity contribution in [2.24, 2.45) is 10.7 Å². The van der Waals surface area contributed by atoms with E-state index < -0.39 is 0 Å². The maximum absolute atomic E-state index is 6.01. The number of nitrogens with one attached hydrogen (secondary N) is 1. The fourth-order valence-electron chi connectivity index (χ4n) is 3.54. The Morgan fingerprint density at radius 1 is 1.10 bits per heavy atom. The smallest absolute Gasteiger partial charge is 0.188 e. The zero-order valence-corrected chi connectivity index (χ0v) is 15.9. The number of nitrogens with zero attached hydrogens (tertiary/aromatic N) is 3. The average molecular weight is 409 g/mol. The van der Waals surface area contributed by atoms with Gasteiger partial charge in [0.2, 0.25) is 0 Å². The van der Waals surface area contributed by atoms with Crippen molar-refractivity contribution >= 4 is 29.9 Å². The third-order valence-corrected chi connectivity index (χ3v) is 4.80. The van der Waals surface area contributed by atoms with E-state index in [2.05, 4.69) is 34.0 Å². The van der Waals surface area contributed by atoms with E-state index in [-0.39, 0.29) is 24.0 Å². The van der Waals surface area contributed by atoms with Gasteiger partial charge in [0.15, 0.2) is 5.96 Å². The molecule has 2 aliphatic rings. The van der Waals surface area contributed by atoms with E-state index >= 15 is 0 Å². The Morgan fingerprint density at radius 3 is 2.29 bits per heavy atom. The van der Waals surface area contributed by atoms with Crippen LogP contribution in [0.15, 0.2) is 4.99 Å². The van der Waals surface area contributed by atoms with Gasteiger partial charge in [-0.3, -0.25) is 14.8 Å². The maximum atomic E-state index is 6.01. The summed E-state index contributed by atoms with van der Waals surface area (Å²) in [6.07, 6.45) is 5.15. The molecular formula is C15H32IN5. The Kier molecular flexibility index (Phi) is 8.89. The summed E-state index contributed by atoms with van der Waals surface area (Å²) in [5.41, 5.74) is 6.01. The van der Waals surface area contributed by atoms with Gasteiger partial charge in [-0.25, -0.2) is 0 Å². The molecule has 0 radical (unpaired) electrons. The van der Waals surface area contributed by atoms with E-state index in [0.29, 0.717) is 18.0 Å². The minimum atomic E-state index is 0. The van der Waals surface area contributed by atoms with Gasteiger partial charge < -0.3 is 11.1 Å². The molecular weight excluding hydrogens is 377 g/mol.